The summed E-state index contributed by atoms with van der Waals surface area (Å²) in [7, 11) is 0. The van der Waals surface area contributed by atoms with Gasteiger partial charge in [0, 0.05) is 38.4 Å². The zero-order valence-corrected chi connectivity index (χ0v) is 8.95. The first-order chi connectivity index (χ1) is 6.83. The van der Waals surface area contributed by atoms with Crippen molar-refractivity contribution in [1.82, 2.24) is 14.9 Å². The van der Waals surface area contributed by atoms with Gasteiger partial charge in [0.25, 0.3) is 0 Å². The highest BCUT2D eigenvalue weighted by Gasteiger charge is 2.15. The molecule has 1 aliphatic heterocycles. The van der Waals surface area contributed by atoms with Crippen molar-refractivity contribution in [3.05, 3.63) is 11.9 Å². The summed E-state index contributed by atoms with van der Waals surface area (Å²) in [6, 6.07) is 0. The van der Waals surface area contributed by atoms with Gasteiger partial charge in [-0.15, -0.1) is 0 Å². The van der Waals surface area contributed by atoms with Crippen LogP contribution in [-0.4, -0.2) is 35.7 Å². The molecule has 4 nitrogen and oxygen atoms in total. The molecule has 0 spiro atoms. The van der Waals surface area contributed by atoms with E-state index < -0.39 is 0 Å². The SMILES string of the molecule is CCn1c(C)cnc1N1CCNCC1. The number of nitrogens with zero attached hydrogens (tertiary/aromatic N) is 3. The molecular formula is C10H18N4. The molecule has 0 radical (unpaired) electrons. The Morgan fingerprint density at radius 1 is 1.43 bits per heavy atom. The van der Waals surface area contributed by atoms with Crippen LogP contribution in [0.25, 0.3) is 0 Å². The average molecular weight is 194 g/mol. The smallest absolute Gasteiger partial charge is 0.205 e. The van der Waals surface area contributed by atoms with Crippen LogP contribution in [0.5, 0.6) is 0 Å². The van der Waals surface area contributed by atoms with Crippen molar-refractivity contribution in [3.63, 3.8) is 0 Å². The Balaban J connectivity index is 2.21. The molecule has 2 rings (SSSR count). The molecule has 4 heteroatoms. The first-order valence-electron chi connectivity index (χ1n) is 5.30. The van der Waals surface area contributed by atoms with E-state index in [4.69, 9.17) is 0 Å². The molecule has 1 aromatic rings. The van der Waals surface area contributed by atoms with E-state index in [1.807, 2.05) is 6.20 Å². The van der Waals surface area contributed by atoms with E-state index in [-0.39, 0.29) is 0 Å². The Hall–Kier alpha value is -1.03. The van der Waals surface area contributed by atoms with Gasteiger partial charge in [0.15, 0.2) is 0 Å². The van der Waals surface area contributed by atoms with Crippen LogP contribution >= 0.6 is 0 Å². The van der Waals surface area contributed by atoms with Crippen LogP contribution in [0.2, 0.25) is 0 Å². The lowest BCUT2D eigenvalue weighted by Gasteiger charge is -2.28. The van der Waals surface area contributed by atoms with Crippen molar-refractivity contribution < 1.29 is 0 Å². The van der Waals surface area contributed by atoms with Crippen molar-refractivity contribution in [1.29, 1.82) is 0 Å². The largest absolute Gasteiger partial charge is 0.340 e. The summed E-state index contributed by atoms with van der Waals surface area (Å²) < 4.78 is 2.27. The van der Waals surface area contributed by atoms with Crippen LogP contribution in [0.3, 0.4) is 0 Å². The number of aromatic nitrogens is 2. The Morgan fingerprint density at radius 2 is 2.14 bits per heavy atom. The van der Waals surface area contributed by atoms with Gasteiger partial charge in [-0.05, 0) is 13.8 Å². The molecule has 0 unspecified atom stereocenters. The third kappa shape index (κ3) is 1.62. The van der Waals surface area contributed by atoms with E-state index in [0.29, 0.717) is 0 Å². The van der Waals surface area contributed by atoms with Gasteiger partial charge in [-0.25, -0.2) is 4.98 Å². The van der Waals surface area contributed by atoms with Crippen LogP contribution < -0.4 is 10.2 Å². The number of piperazine rings is 1. The minimum atomic E-state index is 1.01. The molecule has 1 N–H and O–H groups in total. The zero-order chi connectivity index (χ0) is 9.97. The molecule has 0 aromatic carbocycles. The van der Waals surface area contributed by atoms with Crippen molar-refractivity contribution in [3.8, 4) is 0 Å². The highest BCUT2D eigenvalue weighted by atomic mass is 15.3. The molecule has 1 aliphatic rings. The van der Waals surface area contributed by atoms with E-state index in [0.717, 1.165) is 38.7 Å². The molecule has 1 saturated heterocycles. The molecule has 1 aromatic heterocycles. The number of rotatable bonds is 2. The lowest BCUT2D eigenvalue weighted by atomic mass is 10.4. The quantitative estimate of drug-likeness (QED) is 0.749. The van der Waals surface area contributed by atoms with Crippen LogP contribution in [0.1, 0.15) is 12.6 Å². The van der Waals surface area contributed by atoms with Gasteiger partial charge < -0.3 is 14.8 Å². The summed E-state index contributed by atoms with van der Waals surface area (Å²) in [5, 5.41) is 3.35. The predicted molar refractivity (Wildman–Crippen MR) is 57.7 cm³/mol. The van der Waals surface area contributed by atoms with Crippen molar-refractivity contribution in [2.75, 3.05) is 31.1 Å². The Bertz CT molecular complexity index is 299. The predicted octanol–water partition coefficient (Wildman–Crippen LogP) is 0.621. The first kappa shape index (κ1) is 9.52. The first-order valence-corrected chi connectivity index (χ1v) is 5.30. The number of anilines is 1. The monoisotopic (exact) mass is 194 g/mol. The van der Waals surface area contributed by atoms with Crippen LogP contribution in [0, 0.1) is 6.92 Å². The Labute approximate surface area is 84.9 Å². The van der Waals surface area contributed by atoms with Crippen LogP contribution in [-0.2, 0) is 6.54 Å². The van der Waals surface area contributed by atoms with E-state index in [1.54, 1.807) is 0 Å². The number of aryl methyl sites for hydroxylation is 1. The average Bonchev–Trinajstić information content (AvgIpc) is 2.61. The second kappa shape index (κ2) is 4.00. The minimum Gasteiger partial charge on any atom is -0.340 e. The highest BCUT2D eigenvalue weighted by molar-refractivity contribution is 5.34. The van der Waals surface area contributed by atoms with Gasteiger partial charge in [0.05, 0.1) is 6.20 Å². The van der Waals surface area contributed by atoms with Crippen molar-refractivity contribution >= 4 is 5.95 Å². The van der Waals surface area contributed by atoms with Gasteiger partial charge in [0.2, 0.25) is 5.95 Å². The van der Waals surface area contributed by atoms with E-state index in [1.165, 1.54) is 5.69 Å². The van der Waals surface area contributed by atoms with Crippen molar-refractivity contribution in [2.45, 2.75) is 20.4 Å². The maximum Gasteiger partial charge on any atom is 0.205 e. The van der Waals surface area contributed by atoms with Gasteiger partial charge in [-0.3, -0.25) is 0 Å². The Morgan fingerprint density at radius 3 is 2.79 bits per heavy atom. The summed E-state index contributed by atoms with van der Waals surface area (Å²) in [6.07, 6.45) is 1.96. The molecule has 1 fully saturated rings. The van der Waals surface area contributed by atoms with E-state index in [2.05, 4.69) is 33.6 Å². The maximum atomic E-state index is 4.47. The number of hydrogen-bond acceptors (Lipinski definition) is 3. The fraction of sp³-hybridized carbons (Fsp3) is 0.700. The fourth-order valence-electron chi connectivity index (χ4n) is 1.96. The molecule has 0 aliphatic carbocycles. The molecule has 0 atom stereocenters. The third-order valence-corrected chi connectivity index (χ3v) is 2.75. The lowest BCUT2D eigenvalue weighted by Crippen LogP contribution is -2.44. The fourth-order valence-corrected chi connectivity index (χ4v) is 1.96. The molecule has 0 saturated carbocycles. The summed E-state index contributed by atoms with van der Waals surface area (Å²) in [5.41, 5.74) is 1.25. The van der Waals surface area contributed by atoms with Crippen LogP contribution in [0.15, 0.2) is 6.20 Å². The van der Waals surface area contributed by atoms with Crippen LogP contribution in [0.4, 0.5) is 5.95 Å². The van der Waals surface area contributed by atoms with E-state index >= 15 is 0 Å². The second-order valence-electron chi connectivity index (χ2n) is 3.68. The summed E-state index contributed by atoms with van der Waals surface area (Å²) in [6.45, 7) is 9.55. The number of nitrogens with one attached hydrogen (secondary N) is 1. The topological polar surface area (TPSA) is 33.1 Å². The normalized spacial score (nSPS) is 17.4. The zero-order valence-electron chi connectivity index (χ0n) is 8.95. The maximum absolute atomic E-state index is 4.47. The van der Waals surface area contributed by atoms with E-state index in [9.17, 15) is 0 Å². The molecule has 0 amide bonds. The Kier molecular flexibility index (Phi) is 2.72. The molecule has 0 bridgehead atoms. The van der Waals surface area contributed by atoms with Gasteiger partial charge in [0.1, 0.15) is 0 Å². The highest BCUT2D eigenvalue weighted by Crippen LogP contribution is 2.15. The molecule has 2 heterocycles. The second-order valence-corrected chi connectivity index (χ2v) is 3.68. The molecule has 78 valence electrons. The lowest BCUT2D eigenvalue weighted by molar-refractivity contribution is 0.566. The summed E-state index contributed by atoms with van der Waals surface area (Å²) in [4.78, 5) is 6.83. The van der Waals surface area contributed by atoms with Crippen molar-refractivity contribution in [2.24, 2.45) is 0 Å². The minimum absolute atomic E-state index is 1.01. The molecular weight excluding hydrogens is 176 g/mol. The van der Waals surface area contributed by atoms with Gasteiger partial charge >= 0.3 is 0 Å². The summed E-state index contributed by atoms with van der Waals surface area (Å²) >= 11 is 0. The summed E-state index contributed by atoms with van der Waals surface area (Å²) in [5.74, 6) is 1.13. The van der Waals surface area contributed by atoms with Gasteiger partial charge in [-0.1, -0.05) is 0 Å². The number of hydrogen-bond donors (Lipinski definition) is 1. The number of imidazole rings is 1. The van der Waals surface area contributed by atoms with Gasteiger partial charge in [-0.2, -0.15) is 0 Å². The standard InChI is InChI=1S/C10H18N4/c1-3-14-9(2)8-12-10(14)13-6-4-11-5-7-13/h8,11H,3-7H2,1-2H3. The third-order valence-electron chi connectivity index (χ3n) is 2.75. The molecule has 14 heavy (non-hydrogen) atoms.